The van der Waals surface area contributed by atoms with Crippen molar-refractivity contribution >= 4 is 60.7 Å². The third kappa shape index (κ3) is 4.23. The summed E-state index contributed by atoms with van der Waals surface area (Å²) in [5.41, 5.74) is 1.18. The highest BCUT2D eigenvalue weighted by Crippen LogP contribution is 2.44. The Morgan fingerprint density at radius 3 is 2.36 bits per heavy atom. The minimum Gasteiger partial charge on any atom is -0.506 e. The van der Waals surface area contributed by atoms with Gasteiger partial charge in [-0.2, -0.15) is 0 Å². The molecule has 1 aromatic heterocycles. The van der Waals surface area contributed by atoms with Crippen molar-refractivity contribution in [2.24, 2.45) is 0 Å². The number of aromatic hydroxyl groups is 1. The number of phenols is 1. The molecule has 0 aliphatic heterocycles. The van der Waals surface area contributed by atoms with Crippen molar-refractivity contribution in [2.45, 2.75) is 14.7 Å². The number of hydrogen-bond donors (Lipinski definition) is 2. The average molecular weight is 493 g/mol. The molecule has 0 spiro atoms. The first-order valence-electron chi connectivity index (χ1n) is 9.97. The number of benzene rings is 4. The smallest absolute Gasteiger partial charge is 0.261 e. The second-order valence-electron chi connectivity index (χ2n) is 7.31. The van der Waals surface area contributed by atoms with Crippen LogP contribution in [0.5, 0.6) is 5.75 Å². The van der Waals surface area contributed by atoms with E-state index in [-0.39, 0.29) is 10.6 Å². The number of nitrogens with zero attached hydrogens (tertiary/aromatic N) is 1. The molecule has 0 fully saturated rings. The fourth-order valence-corrected chi connectivity index (χ4v) is 5.82. The summed E-state index contributed by atoms with van der Waals surface area (Å²) in [5.74, 6) is 0.0815. The summed E-state index contributed by atoms with van der Waals surface area (Å²) in [4.78, 5) is 5.93. The molecule has 0 amide bonds. The van der Waals surface area contributed by atoms with Gasteiger partial charge >= 0.3 is 0 Å². The molecule has 2 N–H and O–H groups in total. The molecule has 0 bridgehead atoms. The van der Waals surface area contributed by atoms with Crippen molar-refractivity contribution in [1.82, 2.24) is 4.98 Å². The van der Waals surface area contributed by atoms with Crippen LogP contribution in [-0.2, 0) is 10.0 Å². The molecule has 5 nitrogen and oxygen atoms in total. The molecule has 4 aromatic carbocycles. The van der Waals surface area contributed by atoms with Gasteiger partial charge in [0.15, 0.2) is 0 Å². The zero-order chi connectivity index (χ0) is 23.0. The van der Waals surface area contributed by atoms with Crippen LogP contribution in [-0.4, -0.2) is 18.5 Å². The molecular weight excluding hydrogens is 476 g/mol. The van der Waals surface area contributed by atoms with Crippen LogP contribution < -0.4 is 4.72 Å². The highest BCUT2D eigenvalue weighted by atomic mass is 35.5. The van der Waals surface area contributed by atoms with Crippen molar-refractivity contribution in [2.75, 3.05) is 4.72 Å². The van der Waals surface area contributed by atoms with Crippen LogP contribution in [0.2, 0.25) is 5.02 Å². The predicted octanol–water partition coefficient (Wildman–Crippen LogP) is 6.70. The first kappa shape index (κ1) is 21.6. The van der Waals surface area contributed by atoms with E-state index in [4.69, 9.17) is 11.6 Å². The summed E-state index contributed by atoms with van der Waals surface area (Å²) in [6.07, 6.45) is 1.72. The minimum atomic E-state index is -3.87. The number of rotatable bonds is 5. The minimum absolute atomic E-state index is 0.0815. The van der Waals surface area contributed by atoms with E-state index in [0.29, 0.717) is 26.4 Å². The third-order valence-corrected chi connectivity index (χ3v) is 7.88. The number of hydrogen-bond acceptors (Lipinski definition) is 5. The molecule has 0 saturated carbocycles. The van der Waals surface area contributed by atoms with E-state index < -0.39 is 10.0 Å². The lowest BCUT2D eigenvalue weighted by molar-refractivity contribution is 0.469. The van der Waals surface area contributed by atoms with Gasteiger partial charge in [-0.15, -0.1) is 0 Å². The molecule has 5 rings (SSSR count). The van der Waals surface area contributed by atoms with Crippen LogP contribution in [0.4, 0.5) is 5.69 Å². The zero-order valence-corrected chi connectivity index (χ0v) is 19.5. The maximum atomic E-state index is 13.1. The fourth-order valence-electron chi connectivity index (χ4n) is 3.59. The van der Waals surface area contributed by atoms with Crippen molar-refractivity contribution in [3.63, 3.8) is 0 Å². The monoisotopic (exact) mass is 492 g/mol. The highest BCUT2D eigenvalue weighted by Gasteiger charge is 2.19. The number of sulfonamides is 1. The number of nitrogens with one attached hydrogen (secondary N) is 1. The van der Waals surface area contributed by atoms with E-state index in [2.05, 4.69) is 9.71 Å². The molecule has 0 aliphatic rings. The zero-order valence-electron chi connectivity index (χ0n) is 17.1. The van der Waals surface area contributed by atoms with Crippen LogP contribution in [0, 0.1) is 0 Å². The number of para-hydroxylation sites is 1. The summed E-state index contributed by atoms with van der Waals surface area (Å²) in [6, 6.07) is 24.4. The Morgan fingerprint density at radius 1 is 0.848 bits per heavy atom. The second-order valence-corrected chi connectivity index (χ2v) is 10.5. The van der Waals surface area contributed by atoms with Crippen LogP contribution in [0.3, 0.4) is 0 Å². The molecule has 5 aromatic rings. The SMILES string of the molecule is O=S(=O)(Nc1cc(Sc2cccc3cccnc23)c(O)c2ccccc12)c1ccc(Cl)cc1. The molecule has 0 saturated heterocycles. The van der Waals surface area contributed by atoms with Gasteiger partial charge in [-0.05, 0) is 42.5 Å². The van der Waals surface area contributed by atoms with E-state index in [1.54, 1.807) is 36.5 Å². The maximum Gasteiger partial charge on any atom is 0.261 e. The predicted molar refractivity (Wildman–Crippen MR) is 134 cm³/mol. The van der Waals surface area contributed by atoms with Gasteiger partial charge in [0.05, 0.1) is 21.0 Å². The van der Waals surface area contributed by atoms with E-state index in [1.807, 2.05) is 30.3 Å². The Labute approximate surface area is 200 Å². The normalized spacial score (nSPS) is 11.7. The molecule has 0 unspecified atom stereocenters. The quantitative estimate of drug-likeness (QED) is 0.267. The van der Waals surface area contributed by atoms with Gasteiger partial charge in [-0.25, -0.2) is 8.42 Å². The standard InChI is InChI=1S/C25H17ClN2O3S2/c26-17-10-12-18(13-11-17)33(30,31)28-21-15-23(25(29)20-8-2-1-7-19(20)21)32-22-9-3-5-16-6-4-14-27-24(16)22/h1-15,28-29H. The first-order chi connectivity index (χ1) is 15.9. The van der Waals surface area contributed by atoms with E-state index >= 15 is 0 Å². The van der Waals surface area contributed by atoms with Crippen molar-refractivity contribution < 1.29 is 13.5 Å². The third-order valence-electron chi connectivity index (χ3n) is 5.17. The summed E-state index contributed by atoms with van der Waals surface area (Å²) in [6.45, 7) is 0. The Balaban J connectivity index is 1.62. The number of halogens is 1. The van der Waals surface area contributed by atoms with Crippen molar-refractivity contribution in [3.05, 3.63) is 96.1 Å². The van der Waals surface area contributed by atoms with Crippen LogP contribution in [0.25, 0.3) is 21.7 Å². The molecule has 164 valence electrons. The van der Waals surface area contributed by atoms with Gasteiger partial charge < -0.3 is 5.11 Å². The lowest BCUT2D eigenvalue weighted by Crippen LogP contribution is -2.13. The number of pyridine rings is 1. The average Bonchev–Trinajstić information content (AvgIpc) is 2.82. The van der Waals surface area contributed by atoms with E-state index in [1.165, 1.54) is 36.0 Å². The van der Waals surface area contributed by atoms with Crippen molar-refractivity contribution in [3.8, 4) is 5.75 Å². The largest absolute Gasteiger partial charge is 0.506 e. The lowest BCUT2D eigenvalue weighted by Gasteiger charge is -2.15. The number of phenolic OH excluding ortho intramolecular Hbond substituents is 1. The van der Waals surface area contributed by atoms with Gasteiger partial charge in [-0.3, -0.25) is 9.71 Å². The van der Waals surface area contributed by atoms with Gasteiger partial charge in [0.2, 0.25) is 0 Å². The number of anilines is 1. The Morgan fingerprint density at radius 2 is 1.58 bits per heavy atom. The van der Waals surface area contributed by atoms with Gasteiger partial charge in [0, 0.05) is 32.3 Å². The Hall–Kier alpha value is -3.26. The van der Waals surface area contributed by atoms with E-state index in [0.717, 1.165) is 15.8 Å². The molecule has 33 heavy (non-hydrogen) atoms. The van der Waals surface area contributed by atoms with Crippen LogP contribution in [0.15, 0.2) is 106 Å². The van der Waals surface area contributed by atoms with Crippen LogP contribution >= 0.6 is 23.4 Å². The van der Waals surface area contributed by atoms with Gasteiger partial charge in [0.1, 0.15) is 5.75 Å². The highest BCUT2D eigenvalue weighted by molar-refractivity contribution is 7.99. The summed E-state index contributed by atoms with van der Waals surface area (Å²) in [7, 11) is -3.87. The number of aromatic nitrogens is 1. The lowest BCUT2D eigenvalue weighted by atomic mass is 10.1. The maximum absolute atomic E-state index is 13.1. The van der Waals surface area contributed by atoms with Gasteiger partial charge in [0.25, 0.3) is 10.0 Å². The second kappa shape index (κ2) is 8.59. The first-order valence-corrected chi connectivity index (χ1v) is 12.6. The summed E-state index contributed by atoms with van der Waals surface area (Å²) < 4.78 is 28.8. The topological polar surface area (TPSA) is 79.3 Å². The Kier molecular flexibility index (Phi) is 5.62. The van der Waals surface area contributed by atoms with Crippen molar-refractivity contribution in [1.29, 1.82) is 0 Å². The number of fused-ring (bicyclic) bond motifs is 2. The molecule has 0 radical (unpaired) electrons. The molecular formula is C25H17ClN2O3S2. The van der Waals surface area contributed by atoms with Gasteiger partial charge in [-0.1, -0.05) is 65.8 Å². The fraction of sp³-hybridized carbons (Fsp3) is 0. The van der Waals surface area contributed by atoms with E-state index in [9.17, 15) is 13.5 Å². The molecule has 8 heteroatoms. The molecule has 0 aliphatic carbocycles. The summed E-state index contributed by atoms with van der Waals surface area (Å²) in [5, 5.41) is 13.6. The Bertz CT molecular complexity index is 1600. The molecule has 1 heterocycles. The molecule has 0 atom stereocenters. The summed E-state index contributed by atoms with van der Waals surface area (Å²) >= 11 is 7.24. The van der Waals surface area contributed by atoms with Crippen LogP contribution in [0.1, 0.15) is 0 Å².